The summed E-state index contributed by atoms with van der Waals surface area (Å²) < 4.78 is 5.44. The van der Waals surface area contributed by atoms with E-state index in [1.54, 1.807) is 0 Å². The lowest BCUT2D eigenvalue weighted by Gasteiger charge is -2.29. The molecule has 3 aromatic rings. The molecule has 3 aromatic carbocycles. The average molecular weight is 436 g/mol. The van der Waals surface area contributed by atoms with Gasteiger partial charge in [0.2, 0.25) is 0 Å². The van der Waals surface area contributed by atoms with Crippen LogP contribution in [0.4, 0.5) is 5.69 Å². The maximum absolute atomic E-state index is 6.18. The van der Waals surface area contributed by atoms with Crippen LogP contribution in [-0.4, -0.2) is 32.0 Å². The van der Waals surface area contributed by atoms with Crippen LogP contribution in [0.1, 0.15) is 12.5 Å². The van der Waals surface area contributed by atoms with Gasteiger partial charge in [-0.3, -0.25) is 5.20 Å². The molecule has 0 aromatic heterocycles. The summed E-state index contributed by atoms with van der Waals surface area (Å²) >= 11 is 6.18. The lowest BCUT2D eigenvalue weighted by atomic mass is 10.1. The van der Waals surface area contributed by atoms with Crippen LogP contribution in [0.5, 0.6) is 0 Å². The summed E-state index contributed by atoms with van der Waals surface area (Å²) in [5, 5.41) is 10.3. The highest BCUT2D eigenvalue weighted by Gasteiger charge is 2.21. The van der Waals surface area contributed by atoms with Gasteiger partial charge in [0.1, 0.15) is 6.19 Å². The molecule has 4 rings (SSSR count). The van der Waals surface area contributed by atoms with Crippen molar-refractivity contribution in [1.29, 1.82) is 0 Å². The summed E-state index contributed by atoms with van der Waals surface area (Å²) in [7, 11) is 0. The SMILES string of the molecule is C/C(=N/NP(=S)(c1ccccc1)c1ccccc1)c1ccc(N2CCOCC2)cc1. The lowest BCUT2D eigenvalue weighted by molar-refractivity contribution is 0.122. The molecule has 154 valence electrons. The minimum Gasteiger partial charge on any atom is -0.378 e. The Balaban J connectivity index is 1.57. The van der Waals surface area contributed by atoms with Gasteiger partial charge < -0.3 is 9.64 Å². The van der Waals surface area contributed by atoms with Crippen molar-refractivity contribution >= 4 is 40.0 Å². The van der Waals surface area contributed by atoms with Gasteiger partial charge in [0.15, 0.2) is 0 Å². The molecule has 1 fully saturated rings. The standard InChI is InChI=1S/C24H26N3OPS/c1-20(21-12-14-22(15-13-21)27-16-18-28-19-17-27)25-26-29(30,23-8-4-2-5-9-23)24-10-6-3-7-11-24/h2-15H,16-19H2,1H3,(H,26,30)/b25-20-. The topological polar surface area (TPSA) is 36.9 Å². The van der Waals surface area contributed by atoms with Gasteiger partial charge in [-0.25, -0.2) is 0 Å². The van der Waals surface area contributed by atoms with E-state index in [0.29, 0.717) is 0 Å². The number of nitrogens with one attached hydrogen (secondary N) is 1. The lowest BCUT2D eigenvalue weighted by Crippen LogP contribution is -2.36. The van der Waals surface area contributed by atoms with Gasteiger partial charge in [-0.05, 0) is 24.6 Å². The van der Waals surface area contributed by atoms with Crippen molar-refractivity contribution in [2.75, 3.05) is 31.2 Å². The van der Waals surface area contributed by atoms with Crippen molar-refractivity contribution in [3.63, 3.8) is 0 Å². The Morgan fingerprint density at radius 1 is 0.867 bits per heavy atom. The minimum atomic E-state index is -2.26. The first-order valence-corrected chi connectivity index (χ1v) is 12.9. The van der Waals surface area contributed by atoms with E-state index in [1.165, 1.54) is 5.69 Å². The summed E-state index contributed by atoms with van der Waals surface area (Å²) in [6.07, 6.45) is -2.26. The van der Waals surface area contributed by atoms with Gasteiger partial charge in [-0.1, -0.05) is 84.6 Å². The van der Waals surface area contributed by atoms with E-state index in [2.05, 4.69) is 58.6 Å². The van der Waals surface area contributed by atoms with Gasteiger partial charge in [0, 0.05) is 29.4 Å². The third-order valence-corrected chi connectivity index (χ3v) is 9.20. The van der Waals surface area contributed by atoms with Gasteiger partial charge in [0.05, 0.1) is 18.9 Å². The summed E-state index contributed by atoms with van der Waals surface area (Å²) in [5.41, 5.74) is 3.23. The first kappa shape index (κ1) is 20.8. The average Bonchev–Trinajstić information content (AvgIpc) is 2.84. The Bertz CT molecular complexity index is 990. The molecular formula is C24H26N3OPS. The van der Waals surface area contributed by atoms with Crippen molar-refractivity contribution in [1.82, 2.24) is 5.20 Å². The highest BCUT2D eigenvalue weighted by atomic mass is 32.4. The van der Waals surface area contributed by atoms with Gasteiger partial charge in [0.25, 0.3) is 0 Å². The Hall–Kier alpha value is -2.46. The molecule has 1 aliphatic heterocycles. The molecule has 0 atom stereocenters. The smallest absolute Gasteiger partial charge is 0.106 e. The molecular weight excluding hydrogens is 409 g/mol. The number of hydrazone groups is 1. The zero-order valence-corrected chi connectivity index (χ0v) is 18.8. The predicted molar refractivity (Wildman–Crippen MR) is 131 cm³/mol. The molecule has 4 nitrogen and oxygen atoms in total. The zero-order valence-electron chi connectivity index (χ0n) is 17.1. The Labute approximate surface area is 183 Å². The zero-order chi connectivity index (χ0) is 20.8. The second-order valence-corrected chi connectivity index (χ2v) is 11.3. The van der Waals surface area contributed by atoms with Crippen LogP contribution in [0.25, 0.3) is 0 Å². The molecule has 0 saturated carbocycles. The predicted octanol–water partition coefficient (Wildman–Crippen LogP) is 3.88. The van der Waals surface area contributed by atoms with Crippen LogP contribution in [0.2, 0.25) is 0 Å². The van der Waals surface area contributed by atoms with E-state index in [4.69, 9.17) is 21.6 Å². The van der Waals surface area contributed by atoms with Crippen LogP contribution >= 0.6 is 6.19 Å². The number of rotatable bonds is 6. The third kappa shape index (κ3) is 4.65. The van der Waals surface area contributed by atoms with Crippen LogP contribution < -0.4 is 20.7 Å². The monoisotopic (exact) mass is 435 g/mol. The molecule has 0 amide bonds. The van der Waals surface area contributed by atoms with Crippen molar-refractivity contribution in [2.45, 2.75) is 6.92 Å². The van der Waals surface area contributed by atoms with Crippen LogP contribution in [0.3, 0.4) is 0 Å². The molecule has 0 bridgehead atoms. The van der Waals surface area contributed by atoms with E-state index in [0.717, 1.165) is 48.2 Å². The molecule has 1 heterocycles. The summed E-state index contributed by atoms with van der Waals surface area (Å²) in [6.45, 7) is 5.47. The minimum absolute atomic E-state index is 0.787. The molecule has 30 heavy (non-hydrogen) atoms. The number of nitrogens with zero attached hydrogens (tertiary/aromatic N) is 2. The van der Waals surface area contributed by atoms with E-state index < -0.39 is 6.19 Å². The highest BCUT2D eigenvalue weighted by molar-refractivity contribution is 8.20. The fourth-order valence-corrected chi connectivity index (χ4v) is 6.34. The van der Waals surface area contributed by atoms with Gasteiger partial charge in [-0.2, -0.15) is 5.10 Å². The van der Waals surface area contributed by atoms with Gasteiger partial charge in [-0.15, -0.1) is 0 Å². The Morgan fingerprint density at radius 2 is 1.40 bits per heavy atom. The first-order valence-electron chi connectivity index (χ1n) is 10.1. The number of benzene rings is 3. The van der Waals surface area contributed by atoms with Crippen LogP contribution in [0.15, 0.2) is 90.0 Å². The molecule has 0 unspecified atom stereocenters. The highest BCUT2D eigenvalue weighted by Crippen LogP contribution is 2.39. The number of morpholine rings is 1. The molecule has 0 radical (unpaired) electrons. The van der Waals surface area contributed by atoms with Gasteiger partial charge >= 0.3 is 0 Å². The van der Waals surface area contributed by atoms with E-state index in [9.17, 15) is 0 Å². The normalized spacial score (nSPS) is 15.1. The first-order chi connectivity index (χ1) is 14.7. The van der Waals surface area contributed by atoms with E-state index in [-0.39, 0.29) is 0 Å². The second-order valence-electron chi connectivity index (χ2n) is 7.22. The quantitative estimate of drug-likeness (QED) is 0.362. The second kappa shape index (κ2) is 9.57. The van der Waals surface area contributed by atoms with E-state index >= 15 is 0 Å². The molecule has 6 heteroatoms. The molecule has 1 saturated heterocycles. The molecule has 1 N–H and O–H groups in total. The number of hydrogen-bond acceptors (Lipinski definition) is 4. The van der Waals surface area contributed by atoms with E-state index in [1.807, 2.05) is 43.3 Å². The summed E-state index contributed by atoms with van der Waals surface area (Å²) in [4.78, 5) is 2.35. The molecule has 1 aliphatic rings. The summed E-state index contributed by atoms with van der Waals surface area (Å²) in [6, 6.07) is 29.1. The Kier molecular flexibility index (Phi) is 6.63. The van der Waals surface area contributed by atoms with Crippen molar-refractivity contribution < 1.29 is 4.74 Å². The Morgan fingerprint density at radius 3 is 1.93 bits per heavy atom. The maximum Gasteiger partial charge on any atom is 0.106 e. The fourth-order valence-electron chi connectivity index (χ4n) is 3.49. The fraction of sp³-hybridized carbons (Fsp3) is 0.208. The number of ether oxygens (including phenoxy) is 1. The number of anilines is 1. The number of hydrogen-bond donors (Lipinski definition) is 1. The van der Waals surface area contributed by atoms with Crippen molar-refractivity contribution in [3.8, 4) is 0 Å². The maximum atomic E-state index is 6.18. The van der Waals surface area contributed by atoms with Crippen molar-refractivity contribution in [2.24, 2.45) is 5.10 Å². The largest absolute Gasteiger partial charge is 0.378 e. The third-order valence-electron chi connectivity index (χ3n) is 5.26. The van der Waals surface area contributed by atoms with Crippen LogP contribution in [-0.2, 0) is 16.5 Å². The van der Waals surface area contributed by atoms with Crippen molar-refractivity contribution in [3.05, 3.63) is 90.5 Å². The summed E-state index contributed by atoms with van der Waals surface area (Å²) in [5.74, 6) is 0. The molecule has 0 aliphatic carbocycles. The molecule has 0 spiro atoms. The van der Waals surface area contributed by atoms with Crippen LogP contribution in [0, 0.1) is 0 Å².